The fraction of sp³-hybridized carbons (Fsp3) is 0.429. The normalized spacial score (nSPS) is 14.5. The second-order valence-electron chi connectivity index (χ2n) is 10.7. The molecule has 0 amide bonds. The monoisotopic (exact) mass is 648 g/mol. The van der Waals surface area contributed by atoms with E-state index in [4.69, 9.17) is 0 Å². The Labute approximate surface area is 227 Å². The van der Waals surface area contributed by atoms with E-state index in [9.17, 15) is 0 Å². The van der Waals surface area contributed by atoms with E-state index in [0.29, 0.717) is 0 Å². The zero-order valence-electron chi connectivity index (χ0n) is 21.3. The first-order valence-corrected chi connectivity index (χ1v) is 28.0. The second kappa shape index (κ2) is 9.94. The maximum absolute atomic E-state index is 2.72. The van der Waals surface area contributed by atoms with Crippen LogP contribution < -0.4 is 22.3 Å². The molecule has 4 aromatic rings. The molecule has 0 radical (unpaired) electrons. The molecule has 0 fully saturated rings. The Hall–Kier alpha value is -0.184. The Morgan fingerprint density at radius 1 is 0.706 bits per heavy atom. The van der Waals surface area contributed by atoms with Gasteiger partial charge in [-0.25, -0.2) is 0 Å². The number of aryl methyl sites for hydroxylation is 3. The molecule has 5 heterocycles. The molecular weight excluding hydrogens is 611 g/mol. The van der Waals surface area contributed by atoms with Gasteiger partial charge >= 0.3 is 229 Å². The van der Waals surface area contributed by atoms with E-state index in [1.165, 1.54) is 43.4 Å². The van der Waals surface area contributed by atoms with E-state index in [1.807, 2.05) is 0 Å². The number of thiophene rings is 4. The first-order chi connectivity index (χ1) is 16.3. The van der Waals surface area contributed by atoms with Crippen LogP contribution in [0.3, 0.4) is 0 Å². The van der Waals surface area contributed by atoms with E-state index >= 15 is 0 Å². The molecule has 6 heteroatoms. The fourth-order valence-electron chi connectivity index (χ4n) is 5.10. The second-order valence-corrected chi connectivity index (χ2v) is 35.1. The molecule has 0 spiro atoms. The van der Waals surface area contributed by atoms with Crippen molar-refractivity contribution in [3.8, 4) is 9.75 Å². The molecule has 0 nitrogen and oxygen atoms in total. The minimum atomic E-state index is -2.21. The summed E-state index contributed by atoms with van der Waals surface area (Å²) in [6.45, 7) is 6.94. The SMILES string of the molecule is CCCCc1ccc([Si]2(c3ccc(CCCC)s3)c3cc(C)sc3-c3s[c]([Sn]([CH3])([CH3])[CH3])cc32)s1. The van der Waals surface area contributed by atoms with E-state index in [0.717, 1.165) is 0 Å². The summed E-state index contributed by atoms with van der Waals surface area (Å²) >= 11 is 6.32. The zero-order chi connectivity index (χ0) is 24.1. The molecule has 0 unspecified atom stereocenters. The van der Waals surface area contributed by atoms with Crippen LogP contribution in [0.1, 0.15) is 54.2 Å². The van der Waals surface area contributed by atoms with E-state index in [2.05, 4.69) is 117 Å². The van der Waals surface area contributed by atoms with Crippen LogP contribution in [0.15, 0.2) is 36.4 Å². The molecule has 0 aliphatic carbocycles. The first-order valence-electron chi connectivity index (χ1n) is 12.7. The van der Waals surface area contributed by atoms with Crippen molar-refractivity contribution < 1.29 is 0 Å². The number of unbranched alkanes of at least 4 members (excludes halogenated alkanes) is 2. The zero-order valence-corrected chi connectivity index (χ0v) is 28.5. The summed E-state index contributed by atoms with van der Waals surface area (Å²) in [7, 11) is -2.21. The van der Waals surface area contributed by atoms with Gasteiger partial charge in [0.15, 0.2) is 0 Å². The average Bonchev–Trinajstić information content (AvgIpc) is 3.58. The third-order valence-corrected chi connectivity index (χ3v) is 27.7. The molecule has 1 aliphatic rings. The van der Waals surface area contributed by atoms with Crippen LogP contribution in [0.25, 0.3) is 9.75 Å². The van der Waals surface area contributed by atoms with Crippen molar-refractivity contribution in [1.82, 2.24) is 0 Å². The van der Waals surface area contributed by atoms with Crippen molar-refractivity contribution in [2.45, 2.75) is 74.1 Å². The van der Waals surface area contributed by atoms with E-state index in [1.54, 1.807) is 41.8 Å². The first kappa shape index (κ1) is 25.5. The summed E-state index contributed by atoms with van der Waals surface area (Å²) in [5.74, 6) is 0. The van der Waals surface area contributed by atoms with Crippen molar-refractivity contribution in [3.05, 3.63) is 51.0 Å². The van der Waals surface area contributed by atoms with Gasteiger partial charge in [-0.05, 0) is 0 Å². The Morgan fingerprint density at radius 2 is 1.24 bits per heavy atom. The Bertz CT molecular complexity index is 1250. The Kier molecular flexibility index (Phi) is 7.44. The van der Waals surface area contributed by atoms with Crippen molar-refractivity contribution in [1.29, 1.82) is 0 Å². The molecule has 0 saturated heterocycles. The summed E-state index contributed by atoms with van der Waals surface area (Å²) < 4.78 is 5.10. The summed E-state index contributed by atoms with van der Waals surface area (Å²) in [5.41, 5.74) is 0. The molecule has 4 aromatic heterocycles. The number of fused-ring (bicyclic) bond motifs is 3. The number of rotatable bonds is 9. The third-order valence-electron chi connectivity index (χ3n) is 6.96. The van der Waals surface area contributed by atoms with Crippen molar-refractivity contribution in [2.75, 3.05) is 0 Å². The van der Waals surface area contributed by atoms with Crippen molar-refractivity contribution in [3.63, 3.8) is 0 Å². The molecule has 0 bridgehead atoms. The summed E-state index contributed by atoms with van der Waals surface area (Å²) in [6.07, 6.45) is 7.59. The van der Waals surface area contributed by atoms with Crippen LogP contribution in [-0.2, 0) is 12.8 Å². The number of hydrogen-bond acceptors (Lipinski definition) is 4. The van der Waals surface area contributed by atoms with Crippen LogP contribution in [0, 0.1) is 6.92 Å². The Balaban J connectivity index is 1.77. The summed E-state index contributed by atoms with van der Waals surface area (Å²) in [6, 6.07) is 15.3. The van der Waals surface area contributed by atoms with Crippen LogP contribution >= 0.6 is 45.3 Å². The molecule has 5 rings (SSSR count). The molecule has 180 valence electrons. The Morgan fingerprint density at radius 3 is 1.76 bits per heavy atom. The molecule has 1 aliphatic heterocycles. The van der Waals surface area contributed by atoms with E-state index < -0.39 is 26.5 Å². The molecule has 0 aromatic carbocycles. The van der Waals surface area contributed by atoms with E-state index in [-0.39, 0.29) is 0 Å². The summed E-state index contributed by atoms with van der Waals surface area (Å²) in [4.78, 5) is 15.6. The number of hydrogen-bond donors (Lipinski definition) is 0. The van der Waals surface area contributed by atoms with Gasteiger partial charge in [0, 0.05) is 0 Å². The summed E-state index contributed by atoms with van der Waals surface area (Å²) in [5, 5.41) is 3.42. The van der Waals surface area contributed by atoms with Gasteiger partial charge in [0.2, 0.25) is 0 Å². The minimum absolute atomic E-state index is 1.23. The van der Waals surface area contributed by atoms with Gasteiger partial charge in [-0.3, -0.25) is 0 Å². The molecule has 0 N–H and O–H groups in total. The van der Waals surface area contributed by atoms with Crippen LogP contribution in [0.2, 0.25) is 14.8 Å². The van der Waals surface area contributed by atoms with Crippen LogP contribution in [0.4, 0.5) is 0 Å². The molecule has 0 saturated carbocycles. The van der Waals surface area contributed by atoms with Crippen molar-refractivity contribution >= 4 is 94.1 Å². The maximum atomic E-state index is 2.72. The van der Waals surface area contributed by atoms with Gasteiger partial charge < -0.3 is 0 Å². The topological polar surface area (TPSA) is 0 Å². The van der Waals surface area contributed by atoms with Crippen molar-refractivity contribution in [2.24, 2.45) is 0 Å². The standard InChI is InChI=1S/C25H27S4Si.3CH3.Sn/c1-4-6-8-18-10-12-22(28-18)30(23-13-11-19(29-23)9-7-5-2)20-14-15-26-24(20)25-21(30)16-17(3)27-25;;;;/h10-14,16H,4-9H2,1-3H3;3*1H3;. The predicted octanol–water partition coefficient (Wildman–Crippen LogP) is 6.83. The average molecular weight is 648 g/mol. The predicted molar refractivity (Wildman–Crippen MR) is 166 cm³/mol. The van der Waals surface area contributed by atoms with Gasteiger partial charge in [0.05, 0.1) is 0 Å². The molecule has 34 heavy (non-hydrogen) atoms. The third kappa shape index (κ3) is 4.30. The van der Waals surface area contributed by atoms with Crippen LogP contribution in [-0.4, -0.2) is 26.5 Å². The van der Waals surface area contributed by atoms with Gasteiger partial charge in [-0.1, -0.05) is 0 Å². The molecular formula is C28H36S4SiSn. The van der Waals surface area contributed by atoms with Gasteiger partial charge in [-0.2, -0.15) is 0 Å². The van der Waals surface area contributed by atoms with Gasteiger partial charge in [-0.15, -0.1) is 0 Å². The fourth-order valence-corrected chi connectivity index (χ4v) is 24.2. The quantitative estimate of drug-likeness (QED) is 0.154. The van der Waals surface area contributed by atoms with Gasteiger partial charge in [0.25, 0.3) is 0 Å². The molecule has 0 atom stereocenters. The van der Waals surface area contributed by atoms with Crippen LogP contribution in [0.5, 0.6) is 0 Å². The van der Waals surface area contributed by atoms with Gasteiger partial charge in [0.1, 0.15) is 0 Å².